The summed E-state index contributed by atoms with van der Waals surface area (Å²) in [6.45, 7) is 2.51. The van der Waals surface area contributed by atoms with Gasteiger partial charge in [-0.1, -0.05) is 0 Å². The summed E-state index contributed by atoms with van der Waals surface area (Å²) in [7, 11) is -1.78. The van der Waals surface area contributed by atoms with Crippen LogP contribution in [-0.2, 0) is 23.6 Å². The Morgan fingerprint density at radius 2 is 2.24 bits per heavy atom. The van der Waals surface area contributed by atoms with Crippen LogP contribution in [0.25, 0.3) is 0 Å². The number of aryl methyl sites for hydroxylation is 2. The van der Waals surface area contributed by atoms with Crippen molar-refractivity contribution >= 4 is 27.0 Å². The van der Waals surface area contributed by atoms with Gasteiger partial charge in [-0.05, 0) is 25.8 Å². The van der Waals surface area contributed by atoms with Gasteiger partial charge in [0.15, 0.2) is 0 Å². The maximum absolute atomic E-state index is 12.4. The second kappa shape index (κ2) is 5.43. The molecule has 0 atom stereocenters. The molecule has 1 aliphatic rings. The lowest BCUT2D eigenvalue weighted by Crippen LogP contribution is -2.15. The van der Waals surface area contributed by atoms with Gasteiger partial charge in [0.05, 0.1) is 16.3 Å². The molecule has 2 aromatic heterocycles. The fraction of sp³-hybridized carbons (Fsp3) is 0.462. The van der Waals surface area contributed by atoms with Gasteiger partial charge in [-0.3, -0.25) is 9.40 Å². The van der Waals surface area contributed by atoms with Gasteiger partial charge in [-0.15, -0.1) is 11.3 Å². The Balaban J connectivity index is 1.73. The van der Waals surface area contributed by atoms with Crippen molar-refractivity contribution in [2.75, 3.05) is 4.72 Å². The van der Waals surface area contributed by atoms with Gasteiger partial charge in [0, 0.05) is 36.1 Å². The number of nitrogens with zero attached hydrogens (tertiary/aromatic N) is 2. The summed E-state index contributed by atoms with van der Waals surface area (Å²) in [5, 5.41) is 9.19. The molecule has 1 aliphatic carbocycles. The molecule has 0 radical (unpaired) electrons. The Morgan fingerprint density at radius 1 is 1.48 bits per heavy atom. The first kappa shape index (κ1) is 14.6. The molecule has 0 bridgehead atoms. The van der Waals surface area contributed by atoms with E-state index in [0.29, 0.717) is 22.3 Å². The summed E-state index contributed by atoms with van der Waals surface area (Å²) in [6.07, 6.45) is 4.10. The van der Waals surface area contributed by atoms with Crippen molar-refractivity contribution in [2.45, 2.75) is 37.2 Å². The zero-order chi connectivity index (χ0) is 15.0. The lowest BCUT2D eigenvalue weighted by molar-refractivity contribution is 0.601. The standard InChI is InChI=1S/C13H18N4O2S2/c1-9-13(7-17(2)15-9)16-21(18,19)12-5-11(20-8-12)6-14-10-3-4-10/h5,7-8,10,14,16H,3-4,6H2,1-2H3. The third-order valence-electron chi connectivity index (χ3n) is 3.34. The number of hydrogen-bond acceptors (Lipinski definition) is 5. The maximum atomic E-state index is 12.4. The zero-order valence-electron chi connectivity index (χ0n) is 12.0. The minimum absolute atomic E-state index is 0.309. The van der Waals surface area contributed by atoms with E-state index in [1.54, 1.807) is 36.3 Å². The van der Waals surface area contributed by atoms with E-state index in [2.05, 4.69) is 15.1 Å². The summed E-state index contributed by atoms with van der Waals surface area (Å²) in [6, 6.07) is 2.34. The van der Waals surface area contributed by atoms with E-state index in [9.17, 15) is 8.42 Å². The molecule has 114 valence electrons. The van der Waals surface area contributed by atoms with Gasteiger partial charge in [-0.25, -0.2) is 8.42 Å². The van der Waals surface area contributed by atoms with Crippen LogP contribution in [-0.4, -0.2) is 24.2 Å². The molecular formula is C13H18N4O2S2. The highest BCUT2D eigenvalue weighted by molar-refractivity contribution is 7.92. The Hall–Kier alpha value is -1.38. The molecule has 2 heterocycles. The van der Waals surface area contributed by atoms with Gasteiger partial charge >= 0.3 is 0 Å². The molecule has 0 aliphatic heterocycles. The first-order valence-corrected chi connectivity index (χ1v) is 9.14. The average molecular weight is 326 g/mol. The first-order chi connectivity index (χ1) is 9.94. The fourth-order valence-corrected chi connectivity index (χ4v) is 4.36. The van der Waals surface area contributed by atoms with E-state index in [1.165, 1.54) is 24.2 Å². The van der Waals surface area contributed by atoms with Crippen LogP contribution in [0.2, 0.25) is 0 Å². The molecule has 8 heteroatoms. The first-order valence-electron chi connectivity index (χ1n) is 6.78. The van der Waals surface area contributed by atoms with Crippen LogP contribution in [0.5, 0.6) is 0 Å². The van der Waals surface area contributed by atoms with Crippen LogP contribution < -0.4 is 10.0 Å². The molecule has 2 aromatic rings. The number of aromatic nitrogens is 2. The number of thiophene rings is 1. The molecule has 0 spiro atoms. The molecule has 0 aromatic carbocycles. The Bertz CT molecular complexity index is 744. The fourth-order valence-electron chi connectivity index (χ4n) is 2.03. The van der Waals surface area contributed by atoms with Gasteiger partial charge < -0.3 is 5.32 Å². The molecule has 0 amide bonds. The summed E-state index contributed by atoms with van der Waals surface area (Å²) in [5.41, 5.74) is 1.17. The Kier molecular flexibility index (Phi) is 3.76. The number of hydrogen-bond donors (Lipinski definition) is 2. The largest absolute Gasteiger partial charge is 0.309 e. The monoisotopic (exact) mass is 326 g/mol. The highest BCUT2D eigenvalue weighted by atomic mass is 32.2. The summed E-state index contributed by atoms with van der Waals surface area (Å²) in [4.78, 5) is 1.34. The smallest absolute Gasteiger partial charge is 0.262 e. The van der Waals surface area contributed by atoms with Crippen molar-refractivity contribution in [2.24, 2.45) is 7.05 Å². The number of nitrogens with one attached hydrogen (secondary N) is 2. The quantitative estimate of drug-likeness (QED) is 0.849. The molecular weight excluding hydrogens is 308 g/mol. The van der Waals surface area contributed by atoms with E-state index in [1.807, 2.05) is 0 Å². The van der Waals surface area contributed by atoms with Crippen LogP contribution in [0.3, 0.4) is 0 Å². The van der Waals surface area contributed by atoms with Gasteiger partial charge in [-0.2, -0.15) is 5.10 Å². The molecule has 1 fully saturated rings. The van der Waals surface area contributed by atoms with E-state index >= 15 is 0 Å². The molecule has 21 heavy (non-hydrogen) atoms. The average Bonchev–Trinajstić information content (AvgIpc) is 3.01. The Morgan fingerprint density at radius 3 is 2.86 bits per heavy atom. The van der Waals surface area contributed by atoms with E-state index < -0.39 is 10.0 Å². The number of sulfonamides is 1. The third-order valence-corrected chi connectivity index (χ3v) is 5.77. The number of rotatable bonds is 6. The van der Waals surface area contributed by atoms with Crippen molar-refractivity contribution in [3.8, 4) is 0 Å². The molecule has 3 rings (SSSR count). The predicted octanol–water partition coefficient (Wildman–Crippen LogP) is 1.84. The number of anilines is 1. The summed E-state index contributed by atoms with van der Waals surface area (Å²) >= 11 is 1.46. The molecule has 6 nitrogen and oxygen atoms in total. The summed E-state index contributed by atoms with van der Waals surface area (Å²) < 4.78 is 28.9. The van der Waals surface area contributed by atoms with Crippen molar-refractivity contribution in [3.05, 3.63) is 28.2 Å². The van der Waals surface area contributed by atoms with Gasteiger partial charge in [0.2, 0.25) is 0 Å². The molecule has 1 saturated carbocycles. The zero-order valence-corrected chi connectivity index (χ0v) is 13.6. The van der Waals surface area contributed by atoms with Crippen LogP contribution >= 0.6 is 11.3 Å². The second-order valence-corrected chi connectivity index (χ2v) is 7.99. The van der Waals surface area contributed by atoms with Crippen molar-refractivity contribution in [3.63, 3.8) is 0 Å². The van der Waals surface area contributed by atoms with E-state index in [0.717, 1.165) is 11.4 Å². The van der Waals surface area contributed by atoms with E-state index in [4.69, 9.17) is 0 Å². The Labute approximate surface area is 128 Å². The van der Waals surface area contributed by atoms with Crippen LogP contribution in [0.1, 0.15) is 23.4 Å². The van der Waals surface area contributed by atoms with E-state index in [-0.39, 0.29) is 0 Å². The summed E-state index contributed by atoms with van der Waals surface area (Å²) in [5.74, 6) is 0. The minimum atomic E-state index is -3.55. The minimum Gasteiger partial charge on any atom is -0.309 e. The highest BCUT2D eigenvalue weighted by Gasteiger charge is 2.22. The molecule has 2 N–H and O–H groups in total. The molecule has 0 unspecified atom stereocenters. The van der Waals surface area contributed by atoms with Crippen molar-refractivity contribution < 1.29 is 8.42 Å². The normalized spacial score (nSPS) is 15.3. The third kappa shape index (κ3) is 3.45. The van der Waals surface area contributed by atoms with Crippen molar-refractivity contribution in [1.82, 2.24) is 15.1 Å². The van der Waals surface area contributed by atoms with Crippen LogP contribution in [0.15, 0.2) is 22.5 Å². The topological polar surface area (TPSA) is 76.0 Å². The second-order valence-electron chi connectivity index (χ2n) is 5.31. The lowest BCUT2D eigenvalue weighted by Gasteiger charge is -2.04. The highest BCUT2D eigenvalue weighted by Crippen LogP contribution is 2.24. The SMILES string of the molecule is Cc1nn(C)cc1NS(=O)(=O)c1csc(CNC2CC2)c1. The van der Waals surface area contributed by atoms with Gasteiger partial charge in [0.25, 0.3) is 10.0 Å². The predicted molar refractivity (Wildman–Crippen MR) is 82.9 cm³/mol. The lowest BCUT2D eigenvalue weighted by atomic mass is 10.4. The molecule has 0 saturated heterocycles. The van der Waals surface area contributed by atoms with Crippen LogP contribution in [0, 0.1) is 6.92 Å². The maximum Gasteiger partial charge on any atom is 0.262 e. The van der Waals surface area contributed by atoms with Gasteiger partial charge in [0.1, 0.15) is 0 Å². The van der Waals surface area contributed by atoms with Crippen molar-refractivity contribution in [1.29, 1.82) is 0 Å². The van der Waals surface area contributed by atoms with Crippen LogP contribution in [0.4, 0.5) is 5.69 Å².